The molecule has 1 saturated heterocycles. The SMILES string of the molecule is CC1CCCN(c2ccc(NC(=O)c3ccc(F)c(F)c3)nc2)C1. The maximum absolute atomic E-state index is 13.2. The lowest BCUT2D eigenvalue weighted by atomic mass is 10.00. The molecule has 1 atom stereocenters. The number of piperidine rings is 1. The van der Waals surface area contributed by atoms with E-state index in [9.17, 15) is 13.6 Å². The first-order valence-electron chi connectivity index (χ1n) is 8.00. The number of rotatable bonds is 3. The summed E-state index contributed by atoms with van der Waals surface area (Å²) >= 11 is 0. The van der Waals surface area contributed by atoms with Gasteiger partial charge in [-0.1, -0.05) is 6.92 Å². The predicted molar refractivity (Wildman–Crippen MR) is 89.2 cm³/mol. The lowest BCUT2D eigenvalue weighted by Gasteiger charge is -2.32. The normalized spacial score (nSPS) is 17.6. The topological polar surface area (TPSA) is 45.2 Å². The number of hydrogen-bond donors (Lipinski definition) is 1. The van der Waals surface area contributed by atoms with Crippen LogP contribution in [-0.4, -0.2) is 24.0 Å². The van der Waals surface area contributed by atoms with E-state index in [1.165, 1.54) is 12.5 Å². The number of benzene rings is 1. The van der Waals surface area contributed by atoms with Gasteiger partial charge >= 0.3 is 0 Å². The van der Waals surface area contributed by atoms with E-state index in [1.807, 2.05) is 6.07 Å². The van der Waals surface area contributed by atoms with Crippen molar-refractivity contribution in [2.75, 3.05) is 23.3 Å². The smallest absolute Gasteiger partial charge is 0.256 e. The van der Waals surface area contributed by atoms with Gasteiger partial charge in [0.05, 0.1) is 11.9 Å². The van der Waals surface area contributed by atoms with Gasteiger partial charge < -0.3 is 10.2 Å². The zero-order valence-corrected chi connectivity index (χ0v) is 13.4. The second kappa shape index (κ2) is 6.95. The van der Waals surface area contributed by atoms with Crippen molar-refractivity contribution >= 4 is 17.4 Å². The van der Waals surface area contributed by atoms with E-state index in [-0.39, 0.29) is 5.56 Å². The average Bonchev–Trinajstić information content (AvgIpc) is 2.58. The van der Waals surface area contributed by atoms with Crippen molar-refractivity contribution in [1.82, 2.24) is 4.98 Å². The third-order valence-corrected chi connectivity index (χ3v) is 4.19. The van der Waals surface area contributed by atoms with Crippen LogP contribution in [0.5, 0.6) is 0 Å². The number of pyridine rings is 1. The van der Waals surface area contributed by atoms with Crippen molar-refractivity contribution in [3.8, 4) is 0 Å². The van der Waals surface area contributed by atoms with E-state index >= 15 is 0 Å². The van der Waals surface area contributed by atoms with Crippen molar-refractivity contribution in [3.05, 3.63) is 53.7 Å². The number of carbonyl (C=O) groups is 1. The fourth-order valence-electron chi connectivity index (χ4n) is 2.90. The zero-order chi connectivity index (χ0) is 17.1. The Morgan fingerprint density at radius 3 is 2.75 bits per heavy atom. The maximum atomic E-state index is 13.2. The van der Waals surface area contributed by atoms with Crippen LogP contribution in [-0.2, 0) is 0 Å². The molecule has 126 valence electrons. The van der Waals surface area contributed by atoms with Crippen LogP contribution in [0.3, 0.4) is 0 Å². The highest BCUT2D eigenvalue weighted by molar-refractivity contribution is 6.03. The molecule has 1 aliphatic rings. The lowest BCUT2D eigenvalue weighted by Crippen LogP contribution is -2.34. The molecule has 1 N–H and O–H groups in total. The Morgan fingerprint density at radius 2 is 2.08 bits per heavy atom. The van der Waals surface area contributed by atoms with Crippen molar-refractivity contribution < 1.29 is 13.6 Å². The van der Waals surface area contributed by atoms with E-state index in [0.29, 0.717) is 11.7 Å². The van der Waals surface area contributed by atoms with Crippen LogP contribution in [0.15, 0.2) is 36.5 Å². The van der Waals surface area contributed by atoms with Gasteiger partial charge in [-0.3, -0.25) is 4.79 Å². The molecule has 4 nitrogen and oxygen atoms in total. The number of halogens is 2. The largest absolute Gasteiger partial charge is 0.370 e. The Bertz CT molecular complexity index is 734. The quantitative estimate of drug-likeness (QED) is 0.929. The van der Waals surface area contributed by atoms with Crippen molar-refractivity contribution in [3.63, 3.8) is 0 Å². The monoisotopic (exact) mass is 331 g/mol. The first-order chi connectivity index (χ1) is 11.5. The summed E-state index contributed by atoms with van der Waals surface area (Å²) in [6, 6.07) is 6.65. The minimum absolute atomic E-state index is 0.0460. The van der Waals surface area contributed by atoms with E-state index in [4.69, 9.17) is 0 Å². The van der Waals surface area contributed by atoms with Gasteiger partial charge in [0.15, 0.2) is 11.6 Å². The van der Waals surface area contributed by atoms with Gasteiger partial charge in [-0.15, -0.1) is 0 Å². The predicted octanol–water partition coefficient (Wildman–Crippen LogP) is 3.85. The first kappa shape index (κ1) is 16.4. The van der Waals surface area contributed by atoms with Gasteiger partial charge in [0.1, 0.15) is 5.82 Å². The average molecular weight is 331 g/mol. The molecule has 1 aliphatic heterocycles. The first-order valence-corrected chi connectivity index (χ1v) is 8.00. The fraction of sp³-hybridized carbons (Fsp3) is 0.333. The Hall–Kier alpha value is -2.50. The number of nitrogens with one attached hydrogen (secondary N) is 1. The van der Waals surface area contributed by atoms with E-state index in [0.717, 1.165) is 37.3 Å². The Balaban J connectivity index is 1.67. The Kier molecular flexibility index (Phi) is 4.74. The standard InChI is InChI=1S/C18H19F2N3O/c1-12-3-2-8-23(11-12)14-5-7-17(21-10-14)22-18(24)13-4-6-15(19)16(20)9-13/h4-7,9-10,12H,2-3,8,11H2,1H3,(H,21,22,24). The molecule has 24 heavy (non-hydrogen) atoms. The molecule has 1 aromatic carbocycles. The summed E-state index contributed by atoms with van der Waals surface area (Å²) in [6.45, 7) is 4.24. The summed E-state index contributed by atoms with van der Waals surface area (Å²) in [5, 5.41) is 2.59. The molecular weight excluding hydrogens is 312 g/mol. The van der Waals surface area contributed by atoms with E-state index < -0.39 is 17.5 Å². The van der Waals surface area contributed by atoms with Crippen LogP contribution < -0.4 is 10.2 Å². The number of amides is 1. The third kappa shape index (κ3) is 3.69. The summed E-state index contributed by atoms with van der Waals surface area (Å²) in [7, 11) is 0. The molecule has 0 aliphatic carbocycles. The Morgan fingerprint density at radius 1 is 1.25 bits per heavy atom. The molecule has 0 bridgehead atoms. The summed E-state index contributed by atoms with van der Waals surface area (Å²) in [5.41, 5.74) is 1.07. The zero-order valence-electron chi connectivity index (χ0n) is 13.4. The molecule has 1 aromatic heterocycles. The molecule has 6 heteroatoms. The van der Waals surface area contributed by atoms with E-state index in [1.54, 1.807) is 12.3 Å². The molecule has 2 heterocycles. The number of anilines is 2. The molecule has 1 unspecified atom stereocenters. The minimum atomic E-state index is -1.05. The second-order valence-corrected chi connectivity index (χ2v) is 6.18. The summed E-state index contributed by atoms with van der Waals surface area (Å²) in [4.78, 5) is 18.6. The van der Waals surface area contributed by atoms with Crippen LogP contribution in [0.2, 0.25) is 0 Å². The Labute approximate surface area is 139 Å². The number of carbonyl (C=O) groups excluding carboxylic acids is 1. The molecular formula is C18H19F2N3O. The maximum Gasteiger partial charge on any atom is 0.256 e. The lowest BCUT2D eigenvalue weighted by molar-refractivity contribution is 0.102. The number of hydrogen-bond acceptors (Lipinski definition) is 3. The molecule has 2 aromatic rings. The van der Waals surface area contributed by atoms with Gasteiger partial charge in [0.25, 0.3) is 5.91 Å². The molecule has 0 radical (unpaired) electrons. The van der Waals surface area contributed by atoms with Gasteiger partial charge in [-0.2, -0.15) is 0 Å². The van der Waals surface area contributed by atoms with E-state index in [2.05, 4.69) is 22.1 Å². The minimum Gasteiger partial charge on any atom is -0.370 e. The third-order valence-electron chi connectivity index (χ3n) is 4.19. The van der Waals surface area contributed by atoms with Crippen LogP contribution in [0.25, 0.3) is 0 Å². The van der Waals surface area contributed by atoms with Gasteiger partial charge in [-0.05, 0) is 49.1 Å². The molecule has 0 saturated carbocycles. The second-order valence-electron chi connectivity index (χ2n) is 6.18. The van der Waals surface area contributed by atoms with Crippen molar-refractivity contribution in [1.29, 1.82) is 0 Å². The van der Waals surface area contributed by atoms with Gasteiger partial charge in [-0.25, -0.2) is 13.8 Å². The van der Waals surface area contributed by atoms with Crippen LogP contribution in [0.4, 0.5) is 20.3 Å². The highest BCUT2D eigenvalue weighted by atomic mass is 19.2. The molecule has 3 rings (SSSR count). The van der Waals surface area contributed by atoms with Gasteiger partial charge in [0, 0.05) is 18.7 Å². The number of aromatic nitrogens is 1. The molecule has 1 amide bonds. The molecule has 1 fully saturated rings. The fourth-order valence-corrected chi connectivity index (χ4v) is 2.90. The summed E-state index contributed by atoms with van der Waals surface area (Å²) < 4.78 is 26.1. The van der Waals surface area contributed by atoms with Crippen molar-refractivity contribution in [2.45, 2.75) is 19.8 Å². The highest BCUT2D eigenvalue weighted by Crippen LogP contribution is 2.23. The molecule has 0 spiro atoms. The van der Waals surface area contributed by atoms with Crippen molar-refractivity contribution in [2.24, 2.45) is 5.92 Å². The number of nitrogens with zero attached hydrogens (tertiary/aromatic N) is 2. The summed E-state index contributed by atoms with van der Waals surface area (Å²) in [5.74, 6) is -1.53. The van der Waals surface area contributed by atoms with Crippen LogP contribution in [0, 0.1) is 17.6 Å². The van der Waals surface area contributed by atoms with Crippen LogP contribution in [0.1, 0.15) is 30.1 Å². The highest BCUT2D eigenvalue weighted by Gasteiger charge is 2.17. The van der Waals surface area contributed by atoms with Crippen LogP contribution >= 0.6 is 0 Å². The summed E-state index contributed by atoms with van der Waals surface area (Å²) in [6.07, 6.45) is 4.13. The van der Waals surface area contributed by atoms with Gasteiger partial charge in [0.2, 0.25) is 0 Å².